The first-order valence-corrected chi connectivity index (χ1v) is 4.46. The molecular formula is C10H16O2. The van der Waals surface area contributed by atoms with Crippen molar-refractivity contribution in [2.45, 2.75) is 38.7 Å². The van der Waals surface area contributed by atoms with E-state index < -0.39 is 11.5 Å². The van der Waals surface area contributed by atoms with E-state index >= 15 is 0 Å². The number of carbonyl (C=O) groups excluding carboxylic acids is 1. The maximum absolute atomic E-state index is 11.3. The van der Waals surface area contributed by atoms with E-state index in [9.17, 15) is 9.90 Å². The molecule has 1 fully saturated rings. The summed E-state index contributed by atoms with van der Waals surface area (Å²) in [7, 11) is 0. The highest BCUT2D eigenvalue weighted by Gasteiger charge is 2.41. The van der Waals surface area contributed by atoms with Gasteiger partial charge in [0.15, 0.2) is 0 Å². The standard InChI is InChI=1S/C10H16O2/c1-3-10(8(2)11)7-5-4-6-9(10)12/h3,9,12H,1,4-7H2,2H3/t9-,10-/m0/s1. The molecule has 1 saturated carbocycles. The Balaban J connectivity index is 2.88. The normalized spacial score (nSPS) is 36.0. The van der Waals surface area contributed by atoms with Crippen molar-refractivity contribution < 1.29 is 9.90 Å². The predicted octanol–water partition coefficient (Wildman–Crippen LogP) is 1.68. The summed E-state index contributed by atoms with van der Waals surface area (Å²) in [4.78, 5) is 11.3. The Hall–Kier alpha value is -0.630. The summed E-state index contributed by atoms with van der Waals surface area (Å²) in [6, 6.07) is 0. The molecule has 0 saturated heterocycles. The summed E-state index contributed by atoms with van der Waals surface area (Å²) >= 11 is 0. The third kappa shape index (κ3) is 1.31. The highest BCUT2D eigenvalue weighted by atomic mass is 16.3. The molecule has 0 radical (unpaired) electrons. The molecule has 0 amide bonds. The van der Waals surface area contributed by atoms with Crippen molar-refractivity contribution in [2.24, 2.45) is 5.41 Å². The number of hydrogen-bond acceptors (Lipinski definition) is 2. The number of Topliss-reactive ketones (excluding diaryl/α,β-unsaturated/α-hetero) is 1. The smallest absolute Gasteiger partial charge is 0.142 e. The molecule has 0 bridgehead atoms. The Labute approximate surface area is 73.3 Å². The van der Waals surface area contributed by atoms with Crippen LogP contribution in [0.5, 0.6) is 0 Å². The van der Waals surface area contributed by atoms with Gasteiger partial charge in [-0.3, -0.25) is 4.79 Å². The van der Waals surface area contributed by atoms with Crippen LogP contribution in [0.2, 0.25) is 0 Å². The minimum absolute atomic E-state index is 0.0460. The Morgan fingerprint density at radius 2 is 2.33 bits per heavy atom. The monoisotopic (exact) mass is 168 g/mol. The highest BCUT2D eigenvalue weighted by molar-refractivity contribution is 5.85. The Morgan fingerprint density at radius 1 is 1.67 bits per heavy atom. The summed E-state index contributed by atoms with van der Waals surface area (Å²) < 4.78 is 0. The van der Waals surface area contributed by atoms with Crippen LogP contribution in [0.3, 0.4) is 0 Å². The lowest BCUT2D eigenvalue weighted by Crippen LogP contribution is -2.41. The SMILES string of the molecule is C=C[C@@]1(C(C)=O)CCCC[C@@H]1O. The van der Waals surface area contributed by atoms with Gasteiger partial charge < -0.3 is 5.11 Å². The van der Waals surface area contributed by atoms with Gasteiger partial charge in [0.2, 0.25) is 0 Å². The van der Waals surface area contributed by atoms with Gasteiger partial charge in [-0.2, -0.15) is 0 Å². The van der Waals surface area contributed by atoms with E-state index in [0.717, 1.165) is 25.7 Å². The average Bonchev–Trinajstić information content (AvgIpc) is 2.05. The first kappa shape index (κ1) is 9.46. The molecule has 1 aliphatic rings. The van der Waals surface area contributed by atoms with Crippen molar-refractivity contribution >= 4 is 5.78 Å². The van der Waals surface area contributed by atoms with Crippen molar-refractivity contribution in [1.29, 1.82) is 0 Å². The number of carbonyl (C=O) groups is 1. The molecule has 1 aliphatic carbocycles. The van der Waals surface area contributed by atoms with Gasteiger partial charge in [0.25, 0.3) is 0 Å². The zero-order valence-corrected chi connectivity index (χ0v) is 7.55. The lowest BCUT2D eigenvalue weighted by atomic mass is 9.69. The van der Waals surface area contributed by atoms with Crippen LogP contribution in [0.25, 0.3) is 0 Å². The third-order valence-corrected chi connectivity index (χ3v) is 2.93. The fourth-order valence-corrected chi connectivity index (χ4v) is 1.97. The lowest BCUT2D eigenvalue weighted by molar-refractivity contribution is -0.131. The first-order chi connectivity index (χ1) is 5.63. The molecule has 1 N–H and O–H groups in total. The van der Waals surface area contributed by atoms with Gasteiger partial charge >= 0.3 is 0 Å². The zero-order chi connectivity index (χ0) is 9.19. The van der Waals surface area contributed by atoms with E-state index in [-0.39, 0.29) is 5.78 Å². The predicted molar refractivity (Wildman–Crippen MR) is 47.8 cm³/mol. The van der Waals surface area contributed by atoms with Crippen LogP contribution in [0.4, 0.5) is 0 Å². The van der Waals surface area contributed by atoms with Crippen molar-refractivity contribution in [1.82, 2.24) is 0 Å². The molecule has 1 rings (SSSR count). The number of rotatable bonds is 2. The van der Waals surface area contributed by atoms with E-state index in [4.69, 9.17) is 0 Å². The highest BCUT2D eigenvalue weighted by Crippen LogP contribution is 2.38. The third-order valence-electron chi connectivity index (χ3n) is 2.93. The van der Waals surface area contributed by atoms with Crippen molar-refractivity contribution in [3.8, 4) is 0 Å². The summed E-state index contributed by atoms with van der Waals surface area (Å²) in [6.45, 7) is 5.19. The molecule has 0 aromatic heterocycles. The van der Waals surface area contributed by atoms with E-state index in [1.807, 2.05) is 0 Å². The van der Waals surface area contributed by atoms with Crippen molar-refractivity contribution in [3.63, 3.8) is 0 Å². The topological polar surface area (TPSA) is 37.3 Å². The Kier molecular flexibility index (Phi) is 2.68. The molecular weight excluding hydrogens is 152 g/mol. The zero-order valence-electron chi connectivity index (χ0n) is 7.55. The van der Waals surface area contributed by atoms with Gasteiger partial charge in [0, 0.05) is 0 Å². The van der Waals surface area contributed by atoms with Crippen LogP contribution in [0, 0.1) is 5.41 Å². The summed E-state index contributed by atoms with van der Waals surface area (Å²) in [5.74, 6) is 0.0460. The fraction of sp³-hybridized carbons (Fsp3) is 0.700. The second kappa shape index (κ2) is 3.40. The summed E-state index contributed by atoms with van der Waals surface area (Å²) in [5, 5.41) is 9.70. The Bertz CT molecular complexity index is 198. The molecule has 0 aliphatic heterocycles. The number of aliphatic hydroxyl groups excluding tert-OH is 1. The lowest BCUT2D eigenvalue weighted by Gasteiger charge is -2.36. The molecule has 0 unspecified atom stereocenters. The summed E-state index contributed by atoms with van der Waals surface area (Å²) in [5.41, 5.74) is -0.641. The van der Waals surface area contributed by atoms with Crippen LogP contribution in [0.15, 0.2) is 12.7 Å². The molecule has 0 aromatic carbocycles. The number of hydrogen-bond donors (Lipinski definition) is 1. The maximum atomic E-state index is 11.3. The van der Waals surface area contributed by atoms with Crippen LogP contribution in [-0.2, 0) is 4.79 Å². The second-order valence-electron chi connectivity index (χ2n) is 3.56. The van der Waals surface area contributed by atoms with Gasteiger partial charge in [-0.1, -0.05) is 18.9 Å². The fourth-order valence-electron chi connectivity index (χ4n) is 1.97. The minimum atomic E-state index is -0.641. The van der Waals surface area contributed by atoms with Crippen LogP contribution >= 0.6 is 0 Å². The molecule has 2 nitrogen and oxygen atoms in total. The number of aliphatic hydroxyl groups is 1. The first-order valence-electron chi connectivity index (χ1n) is 4.46. The maximum Gasteiger partial charge on any atom is 0.142 e. The average molecular weight is 168 g/mol. The Morgan fingerprint density at radius 3 is 2.67 bits per heavy atom. The minimum Gasteiger partial charge on any atom is -0.392 e. The molecule has 2 heteroatoms. The largest absolute Gasteiger partial charge is 0.392 e. The van der Waals surface area contributed by atoms with Crippen molar-refractivity contribution in [3.05, 3.63) is 12.7 Å². The molecule has 0 spiro atoms. The molecule has 0 aromatic rings. The van der Waals surface area contributed by atoms with E-state index in [0.29, 0.717) is 0 Å². The van der Waals surface area contributed by atoms with Crippen LogP contribution in [-0.4, -0.2) is 17.0 Å². The molecule has 0 heterocycles. The van der Waals surface area contributed by atoms with E-state index in [2.05, 4.69) is 6.58 Å². The molecule has 68 valence electrons. The van der Waals surface area contributed by atoms with Crippen LogP contribution in [0.1, 0.15) is 32.6 Å². The molecule has 12 heavy (non-hydrogen) atoms. The quantitative estimate of drug-likeness (QED) is 0.637. The van der Waals surface area contributed by atoms with Gasteiger partial charge in [-0.05, 0) is 19.8 Å². The van der Waals surface area contributed by atoms with Gasteiger partial charge in [0.05, 0.1) is 11.5 Å². The molecule has 2 atom stereocenters. The van der Waals surface area contributed by atoms with Crippen LogP contribution < -0.4 is 0 Å². The number of ketones is 1. The van der Waals surface area contributed by atoms with E-state index in [1.165, 1.54) is 6.92 Å². The van der Waals surface area contributed by atoms with E-state index in [1.54, 1.807) is 6.08 Å². The van der Waals surface area contributed by atoms with Gasteiger partial charge in [-0.15, -0.1) is 6.58 Å². The van der Waals surface area contributed by atoms with Gasteiger partial charge in [-0.25, -0.2) is 0 Å². The second-order valence-corrected chi connectivity index (χ2v) is 3.56. The van der Waals surface area contributed by atoms with Gasteiger partial charge in [0.1, 0.15) is 5.78 Å². The summed E-state index contributed by atoms with van der Waals surface area (Å²) in [6.07, 6.45) is 4.63. The van der Waals surface area contributed by atoms with Crippen molar-refractivity contribution in [2.75, 3.05) is 0 Å².